The van der Waals surface area contributed by atoms with Crippen molar-refractivity contribution in [1.82, 2.24) is 9.80 Å². The molecule has 0 spiro atoms. The number of amidine groups is 1. The van der Waals surface area contributed by atoms with Crippen molar-refractivity contribution in [2.75, 3.05) is 67.9 Å². The maximum atomic E-state index is 13.5. The van der Waals surface area contributed by atoms with Gasteiger partial charge in [-0.05, 0) is 66.9 Å². The summed E-state index contributed by atoms with van der Waals surface area (Å²) in [5.74, 6) is -0.849. The molecule has 2 aliphatic rings. The fourth-order valence-electron chi connectivity index (χ4n) is 7.05. The Morgan fingerprint density at radius 1 is 0.875 bits per heavy atom. The van der Waals surface area contributed by atoms with Crippen molar-refractivity contribution in [3.05, 3.63) is 96.1 Å². The van der Waals surface area contributed by atoms with Crippen LogP contribution in [0, 0.1) is 5.41 Å². The molecule has 252 valence electrons. The highest BCUT2D eigenvalue weighted by molar-refractivity contribution is 7.93. The second-order valence-electron chi connectivity index (χ2n) is 12.7. The summed E-state index contributed by atoms with van der Waals surface area (Å²) in [6, 6.07) is 24.9. The zero-order valence-electron chi connectivity index (χ0n) is 27.3. The third-order valence-corrected chi connectivity index (χ3v) is 11.0. The van der Waals surface area contributed by atoms with Gasteiger partial charge in [-0.25, -0.2) is 8.42 Å². The van der Waals surface area contributed by atoms with Crippen LogP contribution in [-0.4, -0.2) is 94.5 Å². The van der Waals surface area contributed by atoms with Crippen LogP contribution >= 0.6 is 0 Å². The molecule has 0 aromatic heterocycles. The summed E-state index contributed by atoms with van der Waals surface area (Å²) >= 11 is 0. The monoisotopic (exact) mass is 669 g/mol. The Hall–Kier alpha value is -4.65. The van der Waals surface area contributed by atoms with E-state index in [1.807, 2.05) is 66.4 Å². The Kier molecular flexibility index (Phi) is 9.58. The van der Waals surface area contributed by atoms with Gasteiger partial charge in [0.25, 0.3) is 10.0 Å². The summed E-state index contributed by atoms with van der Waals surface area (Å²) in [7, 11) is -0.0659. The molecule has 1 atom stereocenters. The predicted molar refractivity (Wildman–Crippen MR) is 192 cm³/mol. The van der Waals surface area contributed by atoms with Gasteiger partial charge in [-0.1, -0.05) is 36.4 Å². The van der Waals surface area contributed by atoms with E-state index >= 15 is 0 Å². The number of benzene rings is 4. The van der Waals surface area contributed by atoms with Gasteiger partial charge in [0.15, 0.2) is 0 Å². The van der Waals surface area contributed by atoms with Gasteiger partial charge >= 0.3 is 5.97 Å². The van der Waals surface area contributed by atoms with Crippen molar-refractivity contribution in [2.45, 2.75) is 29.8 Å². The molecular formula is C36H43N7O4S. The minimum atomic E-state index is -3.91. The lowest BCUT2D eigenvalue weighted by atomic mass is 9.97. The number of piperazine rings is 1. The number of nitrogens with zero attached hydrogens (tertiary/aromatic N) is 4. The number of aliphatic carboxylic acids is 1. The van der Waals surface area contributed by atoms with E-state index in [-0.39, 0.29) is 10.7 Å². The molecule has 0 saturated carbocycles. The van der Waals surface area contributed by atoms with Crippen LogP contribution in [0.1, 0.15) is 30.0 Å². The summed E-state index contributed by atoms with van der Waals surface area (Å²) in [6.07, 6.45) is 1.77. The van der Waals surface area contributed by atoms with Crippen LogP contribution in [-0.2, 0) is 14.8 Å². The minimum Gasteiger partial charge on any atom is -0.480 e. The highest BCUT2D eigenvalue weighted by Crippen LogP contribution is 2.32. The SMILES string of the molecule is CN(C)c1cccc2c(S(=O)(=O)Nc3ccc(C(C(=O)O)N4CCC(N5CCN(c6ccc(C(=N)N)cc6)CC5)CC4)cc3)cccc12. The zero-order valence-corrected chi connectivity index (χ0v) is 28.2. The first-order valence-corrected chi connectivity index (χ1v) is 17.7. The molecule has 5 N–H and O–H groups in total. The predicted octanol–water partition coefficient (Wildman–Crippen LogP) is 4.40. The number of anilines is 3. The van der Waals surface area contributed by atoms with Crippen molar-refractivity contribution in [3.63, 3.8) is 0 Å². The van der Waals surface area contributed by atoms with E-state index < -0.39 is 22.0 Å². The Morgan fingerprint density at radius 3 is 2.10 bits per heavy atom. The number of carbonyl (C=O) groups is 1. The molecule has 2 aliphatic heterocycles. The topological polar surface area (TPSA) is 146 Å². The first kappa shape index (κ1) is 33.3. The normalized spacial score (nSPS) is 17.2. The van der Waals surface area contributed by atoms with E-state index in [9.17, 15) is 18.3 Å². The number of likely N-dealkylation sites (tertiary alicyclic amines) is 1. The number of nitrogen functional groups attached to an aromatic ring is 1. The first-order valence-electron chi connectivity index (χ1n) is 16.2. The van der Waals surface area contributed by atoms with Gasteiger partial charge in [0.2, 0.25) is 0 Å². The van der Waals surface area contributed by atoms with Gasteiger partial charge < -0.3 is 20.6 Å². The van der Waals surface area contributed by atoms with Gasteiger partial charge in [0.1, 0.15) is 11.9 Å². The van der Waals surface area contributed by atoms with Crippen LogP contribution in [0.4, 0.5) is 17.1 Å². The van der Waals surface area contributed by atoms with Gasteiger partial charge in [-0.2, -0.15) is 0 Å². The number of fused-ring (bicyclic) bond motifs is 1. The van der Waals surface area contributed by atoms with Gasteiger partial charge in [-0.15, -0.1) is 0 Å². The fraction of sp³-hybridized carbons (Fsp3) is 0.333. The van der Waals surface area contributed by atoms with Gasteiger partial charge in [0, 0.05) is 92.8 Å². The molecule has 0 radical (unpaired) electrons. The number of sulfonamides is 1. The molecule has 2 heterocycles. The molecule has 2 fully saturated rings. The number of carboxylic acid groups (broad SMARTS) is 1. The van der Waals surface area contributed by atoms with E-state index in [0.29, 0.717) is 35.8 Å². The van der Waals surface area contributed by atoms with Crippen molar-refractivity contribution in [3.8, 4) is 0 Å². The van der Waals surface area contributed by atoms with E-state index in [1.165, 1.54) is 0 Å². The molecule has 2 saturated heterocycles. The molecule has 4 aromatic carbocycles. The molecule has 1 unspecified atom stereocenters. The molecule has 0 amide bonds. The van der Waals surface area contributed by atoms with Crippen molar-refractivity contribution < 1.29 is 18.3 Å². The van der Waals surface area contributed by atoms with Crippen LogP contribution in [0.25, 0.3) is 10.8 Å². The molecule has 12 heteroatoms. The van der Waals surface area contributed by atoms with Crippen LogP contribution in [0.3, 0.4) is 0 Å². The summed E-state index contributed by atoms with van der Waals surface area (Å²) in [4.78, 5) is 21.5. The number of rotatable bonds is 10. The largest absolute Gasteiger partial charge is 0.480 e. The third-order valence-electron chi connectivity index (χ3n) is 9.58. The molecule has 0 aliphatic carbocycles. The summed E-state index contributed by atoms with van der Waals surface area (Å²) in [6.45, 7) is 5.02. The number of nitrogens with two attached hydrogens (primary N) is 1. The fourth-order valence-corrected chi connectivity index (χ4v) is 8.33. The molecule has 11 nitrogen and oxygen atoms in total. The lowest BCUT2D eigenvalue weighted by Crippen LogP contribution is -2.54. The maximum Gasteiger partial charge on any atom is 0.325 e. The Balaban J connectivity index is 1.07. The lowest BCUT2D eigenvalue weighted by Gasteiger charge is -2.44. The average Bonchev–Trinajstić information content (AvgIpc) is 3.08. The zero-order chi connectivity index (χ0) is 34.0. The third kappa shape index (κ3) is 6.96. The van der Waals surface area contributed by atoms with Crippen molar-refractivity contribution in [1.29, 1.82) is 5.41 Å². The average molecular weight is 670 g/mol. The second-order valence-corrected chi connectivity index (χ2v) is 14.4. The van der Waals surface area contributed by atoms with E-state index in [2.05, 4.69) is 14.5 Å². The number of hydrogen-bond acceptors (Lipinski definition) is 8. The molecule has 48 heavy (non-hydrogen) atoms. The number of piperidine rings is 1. The molecular weight excluding hydrogens is 627 g/mol. The van der Waals surface area contributed by atoms with Crippen LogP contribution < -0.4 is 20.3 Å². The standard InChI is InChI=1S/C36H43N7O4S/c1-40(2)32-7-3-6-31-30(32)5-4-8-33(31)48(46,47)39-27-13-9-25(10-14-27)34(36(44)45)43-19-17-29(18-20-43)42-23-21-41(22-24-42)28-15-11-26(12-16-28)35(37)38/h3-16,29,34,39H,17-24H2,1-2H3,(H3,37,38)(H,44,45). The Bertz CT molecular complexity index is 1880. The van der Waals surface area contributed by atoms with Gasteiger partial charge in [-0.3, -0.25) is 24.7 Å². The summed E-state index contributed by atoms with van der Waals surface area (Å²) < 4.78 is 29.7. The van der Waals surface area contributed by atoms with Crippen molar-refractivity contribution >= 4 is 49.7 Å². The number of nitrogens with one attached hydrogen (secondary N) is 2. The van der Waals surface area contributed by atoms with Crippen LogP contribution in [0.15, 0.2) is 89.8 Å². The quantitative estimate of drug-likeness (QED) is 0.143. The maximum absolute atomic E-state index is 13.5. The molecule has 4 aromatic rings. The van der Waals surface area contributed by atoms with E-state index in [4.69, 9.17) is 11.1 Å². The van der Waals surface area contributed by atoms with Gasteiger partial charge in [0.05, 0.1) is 4.90 Å². The number of carboxylic acids is 1. The number of hydrogen-bond donors (Lipinski definition) is 4. The van der Waals surface area contributed by atoms with Crippen LogP contribution in [0.2, 0.25) is 0 Å². The van der Waals surface area contributed by atoms with Crippen molar-refractivity contribution in [2.24, 2.45) is 5.73 Å². The molecule has 0 bridgehead atoms. The highest BCUT2D eigenvalue weighted by Gasteiger charge is 2.34. The lowest BCUT2D eigenvalue weighted by molar-refractivity contribution is -0.144. The Morgan fingerprint density at radius 2 is 1.50 bits per heavy atom. The summed E-state index contributed by atoms with van der Waals surface area (Å²) in [5.41, 5.74) is 9.36. The van der Waals surface area contributed by atoms with E-state index in [0.717, 1.165) is 61.3 Å². The smallest absolute Gasteiger partial charge is 0.325 e. The second kappa shape index (κ2) is 13.8. The Labute approximate surface area is 282 Å². The molecule has 6 rings (SSSR count). The highest BCUT2D eigenvalue weighted by atomic mass is 32.2. The van der Waals surface area contributed by atoms with E-state index in [1.54, 1.807) is 42.5 Å². The van der Waals surface area contributed by atoms with Crippen LogP contribution in [0.5, 0.6) is 0 Å². The minimum absolute atomic E-state index is 0.0686. The first-order chi connectivity index (χ1) is 23.0. The summed E-state index contributed by atoms with van der Waals surface area (Å²) in [5, 5.41) is 19.3.